The van der Waals surface area contributed by atoms with Gasteiger partial charge in [0.15, 0.2) is 0 Å². The Morgan fingerprint density at radius 2 is 2.05 bits per heavy atom. The Morgan fingerprint density at radius 3 is 2.60 bits per heavy atom. The van der Waals surface area contributed by atoms with E-state index in [0.29, 0.717) is 23.2 Å². The predicted molar refractivity (Wildman–Crippen MR) is 80.2 cm³/mol. The van der Waals surface area contributed by atoms with Crippen molar-refractivity contribution in [3.05, 3.63) is 29.6 Å². The Bertz CT molecular complexity index is 484. The van der Waals surface area contributed by atoms with Crippen molar-refractivity contribution < 1.29 is 4.39 Å². The van der Waals surface area contributed by atoms with Crippen LogP contribution < -0.4 is 4.90 Å². The maximum Gasteiger partial charge on any atom is 0.147 e. The first-order valence-corrected chi connectivity index (χ1v) is 7.58. The summed E-state index contributed by atoms with van der Waals surface area (Å²) in [6, 6.07) is 7.29. The van der Waals surface area contributed by atoms with Crippen molar-refractivity contribution in [2.75, 3.05) is 11.4 Å². The molecule has 0 aliphatic heterocycles. The van der Waals surface area contributed by atoms with Crippen LogP contribution in [0, 0.1) is 23.1 Å². The molecule has 1 fully saturated rings. The molecule has 0 unspecified atom stereocenters. The van der Waals surface area contributed by atoms with Gasteiger partial charge in [-0.25, -0.2) is 4.39 Å². The van der Waals surface area contributed by atoms with Gasteiger partial charge in [0.1, 0.15) is 5.82 Å². The van der Waals surface area contributed by atoms with E-state index in [0.717, 1.165) is 25.8 Å². The fourth-order valence-electron chi connectivity index (χ4n) is 2.92. The van der Waals surface area contributed by atoms with Crippen LogP contribution in [0.1, 0.15) is 51.5 Å². The second-order valence-corrected chi connectivity index (χ2v) is 6.09. The molecule has 0 saturated heterocycles. The van der Waals surface area contributed by atoms with Crippen molar-refractivity contribution in [3.8, 4) is 6.07 Å². The summed E-state index contributed by atoms with van der Waals surface area (Å²) in [4.78, 5) is 2.23. The van der Waals surface area contributed by atoms with Crippen LogP contribution in [0.3, 0.4) is 0 Å². The van der Waals surface area contributed by atoms with Crippen LogP contribution in [0.15, 0.2) is 18.2 Å². The highest BCUT2D eigenvalue weighted by Gasteiger charge is 2.24. The van der Waals surface area contributed by atoms with Gasteiger partial charge in [0, 0.05) is 12.6 Å². The molecule has 108 valence electrons. The minimum absolute atomic E-state index is 0.264. The monoisotopic (exact) mass is 274 g/mol. The zero-order valence-corrected chi connectivity index (χ0v) is 12.4. The lowest BCUT2D eigenvalue weighted by atomic mass is 10.1. The highest BCUT2D eigenvalue weighted by molar-refractivity contribution is 5.52. The van der Waals surface area contributed by atoms with Crippen molar-refractivity contribution >= 4 is 5.69 Å². The summed E-state index contributed by atoms with van der Waals surface area (Å²) in [5.74, 6) is 0.347. The molecule has 0 N–H and O–H groups in total. The molecule has 1 saturated carbocycles. The number of hydrogen-bond donors (Lipinski definition) is 0. The van der Waals surface area contributed by atoms with E-state index >= 15 is 0 Å². The van der Waals surface area contributed by atoms with Gasteiger partial charge < -0.3 is 4.90 Å². The van der Waals surface area contributed by atoms with Gasteiger partial charge in [0.25, 0.3) is 0 Å². The Hall–Kier alpha value is -1.56. The van der Waals surface area contributed by atoms with E-state index in [9.17, 15) is 4.39 Å². The van der Waals surface area contributed by atoms with Crippen molar-refractivity contribution in [1.82, 2.24) is 0 Å². The van der Waals surface area contributed by atoms with E-state index < -0.39 is 0 Å². The molecule has 0 bridgehead atoms. The first-order chi connectivity index (χ1) is 9.61. The fraction of sp³-hybridized carbons (Fsp3) is 0.588. The Kier molecular flexibility index (Phi) is 5.00. The normalized spacial score (nSPS) is 15.6. The summed E-state index contributed by atoms with van der Waals surface area (Å²) in [6.45, 7) is 5.29. The zero-order chi connectivity index (χ0) is 14.5. The second-order valence-electron chi connectivity index (χ2n) is 6.09. The van der Waals surface area contributed by atoms with Crippen molar-refractivity contribution in [2.45, 2.75) is 52.0 Å². The molecule has 1 aliphatic rings. The number of nitriles is 1. The average molecular weight is 274 g/mol. The second kappa shape index (κ2) is 6.74. The number of hydrogen-bond acceptors (Lipinski definition) is 2. The third-order valence-corrected chi connectivity index (χ3v) is 4.10. The van der Waals surface area contributed by atoms with Crippen LogP contribution in [-0.4, -0.2) is 12.6 Å². The molecule has 1 aromatic rings. The highest BCUT2D eigenvalue weighted by Crippen LogP contribution is 2.31. The lowest BCUT2D eigenvalue weighted by Crippen LogP contribution is -2.35. The Balaban J connectivity index is 2.23. The van der Waals surface area contributed by atoms with Crippen LogP contribution in [0.25, 0.3) is 0 Å². The molecular formula is C17H23FN2. The molecule has 2 nitrogen and oxygen atoms in total. The molecule has 1 aromatic carbocycles. The molecule has 0 aromatic heterocycles. The quantitative estimate of drug-likeness (QED) is 0.791. The molecule has 2 rings (SSSR count). The summed E-state index contributed by atoms with van der Waals surface area (Å²) in [5, 5.41) is 8.85. The van der Waals surface area contributed by atoms with Gasteiger partial charge in [-0.15, -0.1) is 0 Å². The molecule has 3 heteroatoms. The molecule has 0 radical (unpaired) electrons. The third kappa shape index (κ3) is 3.50. The molecule has 0 amide bonds. The third-order valence-electron chi connectivity index (χ3n) is 4.10. The van der Waals surface area contributed by atoms with Crippen LogP contribution in [0.4, 0.5) is 10.1 Å². The topological polar surface area (TPSA) is 27.0 Å². The van der Waals surface area contributed by atoms with E-state index in [-0.39, 0.29) is 5.82 Å². The number of nitrogens with zero attached hydrogens (tertiary/aromatic N) is 2. The van der Waals surface area contributed by atoms with Gasteiger partial charge >= 0.3 is 0 Å². The van der Waals surface area contributed by atoms with Crippen LogP contribution in [0.2, 0.25) is 0 Å². The predicted octanol–water partition coefficient (Wildman–Crippen LogP) is 4.49. The summed E-state index contributed by atoms with van der Waals surface area (Å²) in [6.07, 6.45) is 5.84. The number of benzene rings is 1. The Morgan fingerprint density at radius 1 is 1.35 bits per heavy atom. The van der Waals surface area contributed by atoms with Gasteiger partial charge in [-0.05, 0) is 43.4 Å². The smallest absolute Gasteiger partial charge is 0.147 e. The minimum Gasteiger partial charge on any atom is -0.366 e. The summed E-state index contributed by atoms with van der Waals surface area (Å²) in [7, 11) is 0. The maximum absolute atomic E-state index is 14.3. The fourth-order valence-corrected chi connectivity index (χ4v) is 2.92. The molecule has 0 atom stereocenters. The van der Waals surface area contributed by atoms with E-state index in [2.05, 4.69) is 18.7 Å². The minimum atomic E-state index is -0.264. The van der Waals surface area contributed by atoms with Gasteiger partial charge in [-0.2, -0.15) is 5.26 Å². The SMILES string of the molecule is CC(C)CCN(c1ccc(C#N)cc1F)C1CCCC1. The largest absolute Gasteiger partial charge is 0.366 e. The average Bonchev–Trinajstić information content (AvgIpc) is 2.94. The first-order valence-electron chi connectivity index (χ1n) is 7.58. The Labute approximate surface area is 121 Å². The van der Waals surface area contributed by atoms with Crippen LogP contribution >= 0.6 is 0 Å². The standard InChI is InChI=1S/C17H23FN2/c1-13(2)9-10-20(15-5-3-4-6-15)17-8-7-14(12-19)11-16(17)18/h7-8,11,13,15H,3-6,9-10H2,1-2H3. The molecule has 0 spiro atoms. The number of halogens is 1. The molecule has 1 aliphatic carbocycles. The summed E-state index contributed by atoms with van der Waals surface area (Å²) in [5.41, 5.74) is 1.05. The molecular weight excluding hydrogens is 251 g/mol. The van der Waals surface area contributed by atoms with Crippen molar-refractivity contribution in [2.24, 2.45) is 5.92 Å². The van der Waals surface area contributed by atoms with Gasteiger partial charge in [-0.1, -0.05) is 26.7 Å². The number of anilines is 1. The summed E-state index contributed by atoms with van der Waals surface area (Å²) >= 11 is 0. The number of rotatable bonds is 5. The van der Waals surface area contributed by atoms with E-state index in [4.69, 9.17) is 5.26 Å². The van der Waals surface area contributed by atoms with Gasteiger partial charge in [-0.3, -0.25) is 0 Å². The van der Waals surface area contributed by atoms with Crippen LogP contribution in [0.5, 0.6) is 0 Å². The van der Waals surface area contributed by atoms with Gasteiger partial charge in [0.2, 0.25) is 0 Å². The maximum atomic E-state index is 14.3. The lowest BCUT2D eigenvalue weighted by molar-refractivity contribution is 0.517. The lowest BCUT2D eigenvalue weighted by Gasteiger charge is -2.32. The van der Waals surface area contributed by atoms with E-state index in [1.807, 2.05) is 6.07 Å². The van der Waals surface area contributed by atoms with Gasteiger partial charge in [0.05, 0.1) is 17.3 Å². The highest BCUT2D eigenvalue weighted by atomic mass is 19.1. The van der Waals surface area contributed by atoms with Crippen molar-refractivity contribution in [1.29, 1.82) is 5.26 Å². The first kappa shape index (κ1) is 14.8. The van der Waals surface area contributed by atoms with Crippen molar-refractivity contribution in [3.63, 3.8) is 0 Å². The molecule has 20 heavy (non-hydrogen) atoms. The summed E-state index contributed by atoms with van der Waals surface area (Å²) < 4.78 is 14.3. The zero-order valence-electron chi connectivity index (χ0n) is 12.4. The molecule has 0 heterocycles. The van der Waals surface area contributed by atoms with E-state index in [1.54, 1.807) is 12.1 Å². The van der Waals surface area contributed by atoms with Crippen LogP contribution in [-0.2, 0) is 0 Å². The van der Waals surface area contributed by atoms with E-state index in [1.165, 1.54) is 18.9 Å².